The van der Waals surface area contributed by atoms with Gasteiger partial charge in [-0.3, -0.25) is 4.79 Å². The van der Waals surface area contributed by atoms with Crippen molar-refractivity contribution in [2.24, 2.45) is 0 Å². The molecule has 0 aliphatic heterocycles. The highest BCUT2D eigenvalue weighted by Gasteiger charge is 2.22. The van der Waals surface area contributed by atoms with Crippen LogP contribution in [0.1, 0.15) is 45.2 Å². The summed E-state index contributed by atoms with van der Waals surface area (Å²) in [4.78, 5) is 24.9. The first kappa shape index (κ1) is 18.3. The Morgan fingerprint density at radius 2 is 1.73 bits per heavy atom. The summed E-state index contributed by atoms with van der Waals surface area (Å²) in [5.74, 6) is -0.996. The number of hydrogen-bond acceptors (Lipinski definition) is 5. The Morgan fingerprint density at radius 1 is 1.00 bits per heavy atom. The van der Waals surface area contributed by atoms with E-state index in [1.54, 1.807) is 6.07 Å². The van der Waals surface area contributed by atoms with Gasteiger partial charge in [0.25, 0.3) is 0 Å². The Labute approximate surface area is 152 Å². The third kappa shape index (κ3) is 3.85. The lowest BCUT2D eigenvalue weighted by molar-refractivity contribution is 0.0318. The molecule has 1 atom stereocenters. The molecule has 1 aliphatic carbocycles. The lowest BCUT2D eigenvalue weighted by atomic mass is 10.0. The van der Waals surface area contributed by atoms with Crippen molar-refractivity contribution in [2.45, 2.75) is 37.2 Å². The van der Waals surface area contributed by atoms with Crippen LogP contribution in [0.4, 0.5) is 0 Å². The summed E-state index contributed by atoms with van der Waals surface area (Å²) in [5, 5.41) is 0. The fourth-order valence-electron chi connectivity index (χ4n) is 3.10. The number of sulfone groups is 1. The molecule has 0 heterocycles. The average molecular weight is 372 g/mol. The van der Waals surface area contributed by atoms with Gasteiger partial charge in [0.15, 0.2) is 15.9 Å². The maximum atomic E-state index is 12.6. The highest BCUT2D eigenvalue weighted by Crippen LogP contribution is 2.24. The van der Waals surface area contributed by atoms with Gasteiger partial charge in [-0.15, -0.1) is 0 Å². The van der Waals surface area contributed by atoms with Crippen LogP contribution in [-0.4, -0.2) is 32.5 Å². The van der Waals surface area contributed by atoms with E-state index in [0.717, 1.165) is 25.5 Å². The number of benzene rings is 2. The SMILES string of the molecule is C[C@H](OC(=O)c1cccc(S(C)(=O)=O)c1)C(=O)c1ccc2c(c1)CCC2. The zero-order chi connectivity index (χ0) is 18.9. The van der Waals surface area contributed by atoms with Gasteiger partial charge < -0.3 is 4.74 Å². The second-order valence-corrected chi connectivity index (χ2v) is 8.56. The standard InChI is InChI=1S/C20H20O5S/c1-13(19(21)16-10-9-14-5-3-6-15(14)11-16)25-20(22)17-7-4-8-18(12-17)26(2,23)24/h4,7-13H,3,5-6H2,1-2H3/t13-/m0/s1. The predicted molar refractivity (Wildman–Crippen MR) is 97.2 cm³/mol. The highest BCUT2D eigenvalue weighted by molar-refractivity contribution is 7.90. The Morgan fingerprint density at radius 3 is 2.46 bits per heavy atom. The number of rotatable bonds is 5. The molecule has 0 fully saturated rings. The van der Waals surface area contributed by atoms with Gasteiger partial charge in [0.1, 0.15) is 0 Å². The summed E-state index contributed by atoms with van der Waals surface area (Å²) >= 11 is 0. The second kappa shape index (κ2) is 7.03. The number of hydrogen-bond donors (Lipinski definition) is 0. The monoisotopic (exact) mass is 372 g/mol. The van der Waals surface area contributed by atoms with Crippen molar-refractivity contribution in [3.05, 3.63) is 64.7 Å². The number of ketones is 1. The third-order valence-corrected chi connectivity index (χ3v) is 5.64. The van der Waals surface area contributed by atoms with E-state index in [9.17, 15) is 18.0 Å². The van der Waals surface area contributed by atoms with Gasteiger partial charge in [-0.05, 0) is 61.6 Å². The van der Waals surface area contributed by atoms with E-state index in [-0.39, 0.29) is 16.2 Å². The van der Waals surface area contributed by atoms with Gasteiger partial charge in [-0.25, -0.2) is 13.2 Å². The van der Waals surface area contributed by atoms with E-state index < -0.39 is 21.9 Å². The molecule has 0 saturated carbocycles. The second-order valence-electron chi connectivity index (χ2n) is 6.55. The molecular formula is C20H20O5S. The number of ether oxygens (including phenoxy) is 1. The molecule has 6 heteroatoms. The van der Waals surface area contributed by atoms with E-state index >= 15 is 0 Å². The average Bonchev–Trinajstić information content (AvgIpc) is 3.08. The molecule has 0 unspecified atom stereocenters. The maximum absolute atomic E-state index is 12.6. The fraction of sp³-hybridized carbons (Fsp3) is 0.300. The number of carbonyl (C=O) groups is 2. The number of carbonyl (C=O) groups excluding carboxylic acids is 2. The van der Waals surface area contributed by atoms with Crippen LogP contribution in [0, 0.1) is 0 Å². The first-order valence-electron chi connectivity index (χ1n) is 8.43. The Hall–Kier alpha value is -2.47. The van der Waals surface area contributed by atoms with Crippen LogP contribution < -0.4 is 0 Å². The summed E-state index contributed by atoms with van der Waals surface area (Å²) in [6, 6.07) is 11.2. The minimum atomic E-state index is -3.43. The van der Waals surface area contributed by atoms with E-state index in [1.807, 2.05) is 12.1 Å². The molecule has 3 rings (SSSR count). The first-order chi connectivity index (χ1) is 12.3. The molecule has 0 radical (unpaired) electrons. The lowest BCUT2D eigenvalue weighted by Crippen LogP contribution is -2.24. The quantitative estimate of drug-likeness (QED) is 0.596. The van der Waals surface area contributed by atoms with E-state index in [2.05, 4.69) is 0 Å². The normalized spacial score (nSPS) is 14.5. The van der Waals surface area contributed by atoms with Crippen LogP contribution in [-0.2, 0) is 27.4 Å². The van der Waals surface area contributed by atoms with Crippen molar-refractivity contribution >= 4 is 21.6 Å². The van der Waals surface area contributed by atoms with Gasteiger partial charge >= 0.3 is 5.97 Å². The van der Waals surface area contributed by atoms with Crippen LogP contribution >= 0.6 is 0 Å². The summed E-state index contributed by atoms with van der Waals surface area (Å²) in [6.45, 7) is 1.52. The Balaban J connectivity index is 1.74. The number of esters is 1. The predicted octanol–water partition coefficient (Wildman–Crippen LogP) is 3.01. The van der Waals surface area contributed by atoms with Gasteiger partial charge in [0.05, 0.1) is 10.5 Å². The first-order valence-corrected chi connectivity index (χ1v) is 10.3. The van der Waals surface area contributed by atoms with Crippen LogP contribution in [0.15, 0.2) is 47.4 Å². The fourth-order valence-corrected chi connectivity index (χ4v) is 3.76. The largest absolute Gasteiger partial charge is 0.451 e. The molecule has 26 heavy (non-hydrogen) atoms. The van der Waals surface area contributed by atoms with Gasteiger partial charge in [-0.1, -0.05) is 18.2 Å². The summed E-state index contributed by atoms with van der Waals surface area (Å²) < 4.78 is 28.5. The smallest absolute Gasteiger partial charge is 0.338 e. The molecule has 0 spiro atoms. The topological polar surface area (TPSA) is 77.5 Å². The van der Waals surface area contributed by atoms with Crippen molar-refractivity contribution in [3.63, 3.8) is 0 Å². The Bertz CT molecular complexity index is 975. The van der Waals surface area contributed by atoms with Crippen LogP contribution in [0.25, 0.3) is 0 Å². The van der Waals surface area contributed by atoms with Crippen LogP contribution in [0.5, 0.6) is 0 Å². The molecule has 0 saturated heterocycles. The molecule has 2 aromatic rings. The zero-order valence-corrected chi connectivity index (χ0v) is 15.5. The molecule has 136 valence electrons. The van der Waals surface area contributed by atoms with E-state index in [0.29, 0.717) is 5.56 Å². The molecule has 0 bridgehead atoms. The van der Waals surface area contributed by atoms with Gasteiger partial charge in [-0.2, -0.15) is 0 Å². The molecule has 2 aromatic carbocycles. The summed E-state index contributed by atoms with van der Waals surface area (Å²) in [7, 11) is -3.43. The van der Waals surface area contributed by atoms with Crippen molar-refractivity contribution in [2.75, 3.05) is 6.26 Å². The zero-order valence-electron chi connectivity index (χ0n) is 14.7. The van der Waals surface area contributed by atoms with Crippen molar-refractivity contribution < 1.29 is 22.7 Å². The number of Topliss-reactive ketones (excluding diaryl/α,β-unsaturated/α-hetero) is 1. The minimum Gasteiger partial charge on any atom is -0.451 e. The van der Waals surface area contributed by atoms with Gasteiger partial charge in [0, 0.05) is 11.8 Å². The van der Waals surface area contributed by atoms with Crippen LogP contribution in [0.2, 0.25) is 0 Å². The van der Waals surface area contributed by atoms with Gasteiger partial charge in [0.2, 0.25) is 5.78 Å². The molecule has 0 N–H and O–H groups in total. The molecule has 0 amide bonds. The molecule has 1 aliphatic rings. The molecule has 0 aromatic heterocycles. The van der Waals surface area contributed by atoms with Crippen molar-refractivity contribution in [1.29, 1.82) is 0 Å². The highest BCUT2D eigenvalue weighted by atomic mass is 32.2. The van der Waals surface area contributed by atoms with Crippen molar-refractivity contribution in [3.8, 4) is 0 Å². The van der Waals surface area contributed by atoms with E-state index in [1.165, 1.54) is 42.3 Å². The molecule has 5 nitrogen and oxygen atoms in total. The maximum Gasteiger partial charge on any atom is 0.338 e. The Kier molecular flexibility index (Phi) is 4.96. The number of fused-ring (bicyclic) bond motifs is 1. The van der Waals surface area contributed by atoms with Crippen molar-refractivity contribution in [1.82, 2.24) is 0 Å². The molecular weight excluding hydrogens is 352 g/mol. The minimum absolute atomic E-state index is 0.0320. The summed E-state index contributed by atoms with van der Waals surface area (Å²) in [6.07, 6.45) is 3.20. The number of aryl methyl sites for hydroxylation is 2. The summed E-state index contributed by atoms with van der Waals surface area (Å²) in [5.41, 5.74) is 3.07. The van der Waals surface area contributed by atoms with Crippen LogP contribution in [0.3, 0.4) is 0 Å². The van der Waals surface area contributed by atoms with E-state index in [4.69, 9.17) is 4.74 Å². The third-order valence-electron chi connectivity index (χ3n) is 4.53. The lowest BCUT2D eigenvalue weighted by Gasteiger charge is -2.13.